The first-order valence-electron chi connectivity index (χ1n) is 5.15. The van der Waals surface area contributed by atoms with E-state index in [0.29, 0.717) is 5.56 Å². The van der Waals surface area contributed by atoms with Crippen LogP contribution in [0.1, 0.15) is 5.56 Å². The zero-order chi connectivity index (χ0) is 13.4. The van der Waals surface area contributed by atoms with Gasteiger partial charge in [-0.15, -0.1) is 0 Å². The molecule has 1 aliphatic heterocycles. The molecule has 1 aliphatic rings. The van der Waals surface area contributed by atoms with Crippen molar-refractivity contribution in [2.24, 2.45) is 5.16 Å². The summed E-state index contributed by atoms with van der Waals surface area (Å²) >= 11 is 0. The standard InChI is InChI=1S/C11H11F3N2O2/c1-16-7-10(17,11(12,13)14)18-15-9(16)8-5-3-2-4-6-8/h2-6,17H,7H2,1H3. The zero-order valence-electron chi connectivity index (χ0n) is 9.48. The minimum Gasteiger partial charge on any atom is -0.349 e. The Morgan fingerprint density at radius 2 is 1.94 bits per heavy atom. The number of halogens is 3. The number of hydrogen-bond acceptors (Lipinski definition) is 4. The molecule has 18 heavy (non-hydrogen) atoms. The molecule has 0 fully saturated rings. The Kier molecular flexibility index (Phi) is 2.94. The van der Waals surface area contributed by atoms with Crippen LogP contribution in [0.5, 0.6) is 0 Å². The SMILES string of the molecule is CN1CC(O)(C(F)(F)F)ON=C1c1ccccc1. The van der Waals surface area contributed by atoms with E-state index in [-0.39, 0.29) is 5.84 Å². The van der Waals surface area contributed by atoms with Crippen molar-refractivity contribution in [1.29, 1.82) is 0 Å². The first-order valence-corrected chi connectivity index (χ1v) is 5.15. The second kappa shape index (κ2) is 4.16. The van der Waals surface area contributed by atoms with E-state index >= 15 is 0 Å². The minimum absolute atomic E-state index is 0.240. The number of nitrogens with zero attached hydrogens (tertiary/aromatic N) is 2. The summed E-state index contributed by atoms with van der Waals surface area (Å²) in [5.41, 5.74) is 0.615. The molecule has 0 aromatic heterocycles. The number of oxime groups is 1. The van der Waals surface area contributed by atoms with Gasteiger partial charge in [0.25, 0.3) is 0 Å². The van der Waals surface area contributed by atoms with Crippen LogP contribution in [-0.2, 0) is 4.84 Å². The molecular weight excluding hydrogens is 249 g/mol. The van der Waals surface area contributed by atoms with Gasteiger partial charge in [0.15, 0.2) is 5.84 Å². The maximum atomic E-state index is 12.6. The molecule has 1 aromatic carbocycles. The lowest BCUT2D eigenvalue weighted by atomic mass is 10.1. The smallest absolute Gasteiger partial charge is 0.349 e. The monoisotopic (exact) mass is 260 g/mol. The highest BCUT2D eigenvalue weighted by Gasteiger charge is 2.59. The molecule has 1 aromatic rings. The molecule has 7 heteroatoms. The van der Waals surface area contributed by atoms with Gasteiger partial charge in [-0.05, 0) is 0 Å². The van der Waals surface area contributed by atoms with Crippen LogP contribution in [0.4, 0.5) is 13.2 Å². The van der Waals surface area contributed by atoms with Crippen LogP contribution >= 0.6 is 0 Å². The van der Waals surface area contributed by atoms with Crippen molar-refractivity contribution in [2.75, 3.05) is 13.6 Å². The Morgan fingerprint density at radius 3 is 2.44 bits per heavy atom. The number of rotatable bonds is 1. The molecule has 4 nitrogen and oxygen atoms in total. The summed E-state index contributed by atoms with van der Waals surface area (Å²) in [4.78, 5) is 5.44. The minimum atomic E-state index is -4.90. The second-order valence-electron chi connectivity index (χ2n) is 4.01. The highest BCUT2D eigenvalue weighted by Crippen LogP contribution is 2.34. The lowest BCUT2D eigenvalue weighted by molar-refractivity contribution is -0.371. The van der Waals surface area contributed by atoms with Crippen LogP contribution in [0.2, 0.25) is 0 Å². The number of aliphatic hydroxyl groups is 1. The second-order valence-corrected chi connectivity index (χ2v) is 4.01. The zero-order valence-corrected chi connectivity index (χ0v) is 9.48. The topological polar surface area (TPSA) is 45.1 Å². The Labute approximate surface area is 101 Å². The maximum absolute atomic E-state index is 12.6. The molecule has 2 rings (SSSR count). The van der Waals surface area contributed by atoms with Crippen LogP contribution in [-0.4, -0.2) is 41.4 Å². The summed E-state index contributed by atoms with van der Waals surface area (Å²) in [6.07, 6.45) is -4.90. The average molecular weight is 260 g/mol. The molecule has 0 radical (unpaired) electrons. The first-order chi connectivity index (χ1) is 8.33. The van der Waals surface area contributed by atoms with Gasteiger partial charge in [0.1, 0.15) is 0 Å². The van der Waals surface area contributed by atoms with Crippen molar-refractivity contribution in [3.63, 3.8) is 0 Å². The Balaban J connectivity index is 2.29. The van der Waals surface area contributed by atoms with Gasteiger partial charge >= 0.3 is 12.0 Å². The third-order valence-electron chi connectivity index (χ3n) is 2.57. The van der Waals surface area contributed by atoms with E-state index in [1.165, 1.54) is 11.9 Å². The van der Waals surface area contributed by atoms with Crippen molar-refractivity contribution < 1.29 is 23.1 Å². The number of β-amino-alcohol motifs (C(OH)–C–C–N with tert-alkyl or cyclic N) is 1. The normalized spacial score (nSPS) is 24.5. The summed E-state index contributed by atoms with van der Waals surface area (Å²) in [6, 6.07) is 8.62. The van der Waals surface area contributed by atoms with E-state index < -0.39 is 18.5 Å². The molecule has 0 saturated heterocycles. The lowest BCUT2D eigenvalue weighted by Crippen LogP contribution is -2.57. The maximum Gasteiger partial charge on any atom is 0.459 e. The van der Waals surface area contributed by atoms with Crippen LogP contribution in [0.25, 0.3) is 0 Å². The summed E-state index contributed by atoms with van der Waals surface area (Å²) in [7, 11) is 1.41. The van der Waals surface area contributed by atoms with Gasteiger partial charge in [-0.3, -0.25) is 0 Å². The quantitative estimate of drug-likeness (QED) is 0.833. The highest BCUT2D eigenvalue weighted by atomic mass is 19.4. The van der Waals surface area contributed by atoms with E-state index in [2.05, 4.69) is 9.99 Å². The number of hydrogen-bond donors (Lipinski definition) is 1. The predicted octanol–water partition coefficient (Wildman–Crippen LogP) is 1.56. The fourth-order valence-electron chi connectivity index (χ4n) is 1.62. The van der Waals surface area contributed by atoms with Crippen LogP contribution in [0.15, 0.2) is 35.5 Å². The largest absolute Gasteiger partial charge is 0.459 e. The molecule has 1 N–H and O–H groups in total. The Bertz CT molecular complexity index is 461. The fourth-order valence-corrected chi connectivity index (χ4v) is 1.62. The molecule has 0 aliphatic carbocycles. The van der Waals surface area contributed by atoms with Crippen molar-refractivity contribution in [3.05, 3.63) is 35.9 Å². The first kappa shape index (κ1) is 12.7. The molecular formula is C11H11F3N2O2. The van der Waals surface area contributed by atoms with E-state index in [1.807, 2.05) is 0 Å². The van der Waals surface area contributed by atoms with Crippen LogP contribution < -0.4 is 0 Å². The molecule has 0 bridgehead atoms. The average Bonchev–Trinajstić information content (AvgIpc) is 2.28. The predicted molar refractivity (Wildman–Crippen MR) is 57.7 cm³/mol. The third-order valence-corrected chi connectivity index (χ3v) is 2.57. The van der Waals surface area contributed by atoms with Crippen molar-refractivity contribution >= 4 is 5.84 Å². The van der Waals surface area contributed by atoms with E-state index in [0.717, 1.165) is 0 Å². The molecule has 1 heterocycles. The van der Waals surface area contributed by atoms with E-state index in [4.69, 9.17) is 0 Å². The van der Waals surface area contributed by atoms with Crippen molar-refractivity contribution in [1.82, 2.24) is 4.90 Å². The molecule has 1 atom stereocenters. The summed E-state index contributed by atoms with van der Waals surface area (Å²) in [5, 5.41) is 12.7. The molecule has 1 unspecified atom stereocenters. The number of likely N-dealkylation sites (N-methyl/N-ethyl adjacent to an activating group) is 1. The van der Waals surface area contributed by atoms with Gasteiger partial charge < -0.3 is 14.8 Å². The van der Waals surface area contributed by atoms with Gasteiger partial charge in [-0.2, -0.15) is 13.2 Å². The third kappa shape index (κ3) is 2.13. The van der Waals surface area contributed by atoms with Crippen LogP contribution in [0.3, 0.4) is 0 Å². The summed E-state index contributed by atoms with van der Waals surface area (Å²) in [5.74, 6) is -3.02. The molecule has 0 saturated carbocycles. The fraction of sp³-hybridized carbons (Fsp3) is 0.364. The summed E-state index contributed by atoms with van der Waals surface area (Å²) in [6.45, 7) is -0.732. The van der Waals surface area contributed by atoms with Gasteiger partial charge in [-0.1, -0.05) is 35.5 Å². The molecule has 0 spiro atoms. The summed E-state index contributed by atoms with van der Waals surface area (Å²) < 4.78 is 37.7. The molecule has 0 amide bonds. The van der Waals surface area contributed by atoms with E-state index in [1.54, 1.807) is 30.3 Å². The van der Waals surface area contributed by atoms with Gasteiger partial charge in [0.2, 0.25) is 0 Å². The lowest BCUT2D eigenvalue weighted by Gasteiger charge is -2.36. The Hall–Kier alpha value is -1.76. The highest BCUT2D eigenvalue weighted by molar-refractivity contribution is 5.98. The number of alkyl halides is 3. The van der Waals surface area contributed by atoms with Gasteiger partial charge in [0, 0.05) is 12.6 Å². The number of amidine groups is 1. The van der Waals surface area contributed by atoms with Crippen molar-refractivity contribution in [3.8, 4) is 0 Å². The number of benzene rings is 1. The molecule has 98 valence electrons. The van der Waals surface area contributed by atoms with Crippen LogP contribution in [0, 0.1) is 0 Å². The Morgan fingerprint density at radius 1 is 1.33 bits per heavy atom. The van der Waals surface area contributed by atoms with Crippen molar-refractivity contribution in [2.45, 2.75) is 12.0 Å². The van der Waals surface area contributed by atoms with E-state index in [9.17, 15) is 18.3 Å². The van der Waals surface area contributed by atoms with Gasteiger partial charge in [0.05, 0.1) is 6.54 Å². The van der Waals surface area contributed by atoms with Gasteiger partial charge in [-0.25, -0.2) is 0 Å².